The van der Waals surface area contributed by atoms with Gasteiger partial charge in [0.1, 0.15) is 17.9 Å². The second-order valence-corrected chi connectivity index (χ2v) is 5.23. The van der Waals surface area contributed by atoms with Crippen molar-refractivity contribution in [2.45, 2.75) is 25.4 Å². The van der Waals surface area contributed by atoms with E-state index in [9.17, 15) is 9.59 Å². The zero-order chi connectivity index (χ0) is 16.7. The molecule has 126 valence electrons. The summed E-state index contributed by atoms with van der Waals surface area (Å²) >= 11 is 0. The Morgan fingerprint density at radius 2 is 2.09 bits per heavy atom. The van der Waals surface area contributed by atoms with Gasteiger partial charge in [0.15, 0.2) is 0 Å². The summed E-state index contributed by atoms with van der Waals surface area (Å²) in [6.07, 6.45) is 1.75. The number of hydrogen-bond donors (Lipinski definition) is 2. The van der Waals surface area contributed by atoms with Crippen molar-refractivity contribution in [3.63, 3.8) is 0 Å². The van der Waals surface area contributed by atoms with Crippen molar-refractivity contribution in [3.05, 3.63) is 18.2 Å². The minimum absolute atomic E-state index is 0.0560. The first-order valence-corrected chi connectivity index (χ1v) is 7.52. The van der Waals surface area contributed by atoms with Crippen LogP contribution >= 0.6 is 0 Å². The summed E-state index contributed by atoms with van der Waals surface area (Å²) in [4.78, 5) is 23.8. The maximum atomic E-state index is 12.0. The number of carbonyl (C=O) groups excluding carboxylic acids is 2. The Hall–Kier alpha value is -2.28. The normalized spacial score (nSPS) is 16.7. The van der Waals surface area contributed by atoms with Crippen LogP contribution in [0.3, 0.4) is 0 Å². The molecule has 0 unspecified atom stereocenters. The second kappa shape index (κ2) is 8.38. The Labute approximate surface area is 135 Å². The van der Waals surface area contributed by atoms with Crippen molar-refractivity contribution in [3.8, 4) is 11.5 Å². The van der Waals surface area contributed by atoms with Crippen LogP contribution in [0.5, 0.6) is 11.5 Å². The number of ether oxygens (including phenoxy) is 3. The van der Waals surface area contributed by atoms with E-state index < -0.39 is 5.91 Å². The number of methoxy groups -OCH3 is 2. The minimum Gasteiger partial charge on any atom is -0.497 e. The third-order valence-corrected chi connectivity index (χ3v) is 3.55. The molecule has 0 aromatic heterocycles. The standard InChI is InChI=1S/C16H22N2O5/c1-21-11-5-6-14(22-2)13(8-11)18-16(20)9-15(19)17-10-12-4-3-7-23-12/h5-6,8,12H,3-4,7,9-10H2,1-2H3,(H,17,19)(H,18,20)/t12-/m1/s1. The Bertz CT molecular complexity index is 555. The lowest BCUT2D eigenvalue weighted by molar-refractivity contribution is -0.127. The molecule has 7 heteroatoms. The molecule has 1 atom stereocenters. The Kier molecular flexibility index (Phi) is 6.22. The largest absolute Gasteiger partial charge is 0.497 e. The number of anilines is 1. The smallest absolute Gasteiger partial charge is 0.233 e. The van der Waals surface area contributed by atoms with E-state index in [1.165, 1.54) is 14.2 Å². The summed E-state index contributed by atoms with van der Waals surface area (Å²) in [5, 5.41) is 5.37. The van der Waals surface area contributed by atoms with Crippen molar-refractivity contribution >= 4 is 17.5 Å². The third kappa shape index (κ3) is 5.14. The average molecular weight is 322 g/mol. The summed E-state index contributed by atoms with van der Waals surface area (Å²) in [5.74, 6) is 0.337. The molecule has 1 fully saturated rings. The maximum Gasteiger partial charge on any atom is 0.233 e. The fraction of sp³-hybridized carbons (Fsp3) is 0.500. The number of benzene rings is 1. The van der Waals surface area contributed by atoms with E-state index in [-0.39, 0.29) is 18.4 Å². The molecule has 0 bridgehead atoms. The SMILES string of the molecule is COc1ccc(OC)c(NC(=O)CC(=O)NC[C@H]2CCCO2)c1. The first-order valence-electron chi connectivity index (χ1n) is 7.52. The van der Waals surface area contributed by atoms with Gasteiger partial charge in [0.05, 0.1) is 26.0 Å². The molecular weight excluding hydrogens is 300 g/mol. The number of hydrogen-bond acceptors (Lipinski definition) is 5. The number of amides is 2. The third-order valence-electron chi connectivity index (χ3n) is 3.55. The molecule has 1 aliphatic heterocycles. The van der Waals surface area contributed by atoms with Gasteiger partial charge in [-0.1, -0.05) is 0 Å². The summed E-state index contributed by atoms with van der Waals surface area (Å²) in [6, 6.07) is 5.05. The molecule has 0 spiro atoms. The molecular formula is C16H22N2O5. The van der Waals surface area contributed by atoms with Gasteiger partial charge >= 0.3 is 0 Å². The maximum absolute atomic E-state index is 12.0. The van der Waals surface area contributed by atoms with Crippen LogP contribution in [0.25, 0.3) is 0 Å². The van der Waals surface area contributed by atoms with E-state index in [4.69, 9.17) is 14.2 Å². The molecule has 0 radical (unpaired) electrons. The van der Waals surface area contributed by atoms with Crippen LogP contribution in [0.4, 0.5) is 5.69 Å². The lowest BCUT2D eigenvalue weighted by Gasteiger charge is -2.13. The van der Waals surface area contributed by atoms with Crippen LogP contribution in [-0.2, 0) is 14.3 Å². The lowest BCUT2D eigenvalue weighted by atomic mass is 10.2. The molecule has 2 amide bonds. The Balaban J connectivity index is 1.84. The highest BCUT2D eigenvalue weighted by Crippen LogP contribution is 2.28. The van der Waals surface area contributed by atoms with Gasteiger partial charge in [0, 0.05) is 19.2 Å². The number of rotatable bonds is 7. The van der Waals surface area contributed by atoms with Gasteiger partial charge in [-0.25, -0.2) is 0 Å². The van der Waals surface area contributed by atoms with E-state index in [0.717, 1.165) is 19.4 Å². The molecule has 2 N–H and O–H groups in total. The Morgan fingerprint density at radius 3 is 2.74 bits per heavy atom. The molecule has 1 aliphatic rings. The summed E-state index contributed by atoms with van der Waals surface area (Å²) < 4.78 is 15.7. The highest BCUT2D eigenvalue weighted by Gasteiger charge is 2.18. The van der Waals surface area contributed by atoms with Crippen molar-refractivity contribution in [1.29, 1.82) is 0 Å². The van der Waals surface area contributed by atoms with Gasteiger partial charge in [-0.2, -0.15) is 0 Å². The molecule has 1 saturated heterocycles. The first kappa shape index (κ1) is 17.1. The summed E-state index contributed by atoms with van der Waals surface area (Å²) in [6.45, 7) is 1.17. The zero-order valence-electron chi connectivity index (χ0n) is 13.4. The van der Waals surface area contributed by atoms with Gasteiger partial charge in [-0.3, -0.25) is 9.59 Å². The molecule has 7 nitrogen and oxygen atoms in total. The first-order chi connectivity index (χ1) is 11.1. The van der Waals surface area contributed by atoms with Crippen LogP contribution < -0.4 is 20.1 Å². The molecule has 2 rings (SSSR count). The van der Waals surface area contributed by atoms with Crippen molar-refractivity contribution in [2.24, 2.45) is 0 Å². The number of nitrogens with one attached hydrogen (secondary N) is 2. The highest BCUT2D eigenvalue weighted by molar-refractivity contribution is 6.04. The molecule has 23 heavy (non-hydrogen) atoms. The van der Waals surface area contributed by atoms with Gasteiger partial charge in [-0.15, -0.1) is 0 Å². The van der Waals surface area contributed by atoms with Crippen molar-refractivity contribution in [2.75, 3.05) is 32.7 Å². The highest BCUT2D eigenvalue weighted by atomic mass is 16.5. The lowest BCUT2D eigenvalue weighted by Crippen LogP contribution is -2.34. The van der Waals surface area contributed by atoms with Crippen LogP contribution in [0.15, 0.2) is 18.2 Å². The van der Waals surface area contributed by atoms with Crippen molar-refractivity contribution in [1.82, 2.24) is 5.32 Å². The quantitative estimate of drug-likeness (QED) is 0.740. The molecule has 1 heterocycles. The van der Waals surface area contributed by atoms with Crippen molar-refractivity contribution < 1.29 is 23.8 Å². The molecule has 1 aromatic rings. The van der Waals surface area contributed by atoms with Crippen LogP contribution in [0.1, 0.15) is 19.3 Å². The minimum atomic E-state index is -0.415. The van der Waals surface area contributed by atoms with E-state index >= 15 is 0 Å². The van der Waals surface area contributed by atoms with Crippen LogP contribution in [0.2, 0.25) is 0 Å². The van der Waals surface area contributed by atoms with E-state index in [1.54, 1.807) is 18.2 Å². The molecule has 0 saturated carbocycles. The summed E-state index contributed by atoms with van der Waals surface area (Å²) in [7, 11) is 3.04. The Morgan fingerprint density at radius 1 is 1.26 bits per heavy atom. The van der Waals surface area contributed by atoms with Crippen LogP contribution in [-0.4, -0.2) is 45.3 Å². The fourth-order valence-electron chi connectivity index (χ4n) is 2.35. The average Bonchev–Trinajstić information content (AvgIpc) is 3.06. The van der Waals surface area contributed by atoms with E-state index in [2.05, 4.69) is 10.6 Å². The second-order valence-electron chi connectivity index (χ2n) is 5.23. The van der Waals surface area contributed by atoms with Gasteiger partial charge in [-0.05, 0) is 25.0 Å². The summed E-state index contributed by atoms with van der Waals surface area (Å²) in [5.41, 5.74) is 0.462. The topological polar surface area (TPSA) is 85.9 Å². The predicted octanol–water partition coefficient (Wildman–Crippen LogP) is 1.33. The fourth-order valence-corrected chi connectivity index (χ4v) is 2.35. The van der Waals surface area contributed by atoms with Crippen LogP contribution in [0, 0.1) is 0 Å². The number of carbonyl (C=O) groups is 2. The molecule has 1 aromatic carbocycles. The van der Waals surface area contributed by atoms with E-state index in [0.29, 0.717) is 23.7 Å². The zero-order valence-corrected chi connectivity index (χ0v) is 13.4. The monoisotopic (exact) mass is 322 g/mol. The van der Waals surface area contributed by atoms with Gasteiger partial charge in [0.2, 0.25) is 11.8 Å². The van der Waals surface area contributed by atoms with Gasteiger partial charge < -0.3 is 24.8 Å². The predicted molar refractivity (Wildman–Crippen MR) is 84.8 cm³/mol. The molecule has 0 aliphatic carbocycles. The van der Waals surface area contributed by atoms with E-state index in [1.807, 2.05) is 0 Å². The van der Waals surface area contributed by atoms with Gasteiger partial charge in [0.25, 0.3) is 0 Å².